The molecular formula is C14H26ClNO2S. The molecule has 0 radical (unpaired) electrons. The van der Waals surface area contributed by atoms with Gasteiger partial charge >= 0.3 is 0 Å². The number of piperidine rings is 1. The van der Waals surface area contributed by atoms with Gasteiger partial charge in [-0.15, -0.1) is 0 Å². The zero-order chi connectivity index (χ0) is 14.3. The second kappa shape index (κ2) is 8.28. The van der Waals surface area contributed by atoms with E-state index in [1.165, 1.54) is 12.8 Å². The Hall–Kier alpha value is -0.0600. The predicted molar refractivity (Wildman–Crippen MR) is 82.3 cm³/mol. The Balaban J connectivity index is 2.21. The number of rotatable bonds is 8. The maximum Gasteiger partial charge on any atom is 0.153 e. The summed E-state index contributed by atoms with van der Waals surface area (Å²) in [4.78, 5) is 0. The van der Waals surface area contributed by atoms with E-state index in [-0.39, 0.29) is 5.75 Å². The first kappa shape index (κ1) is 17.0. The average molecular weight is 308 g/mol. The van der Waals surface area contributed by atoms with E-state index in [0.29, 0.717) is 11.5 Å². The molecule has 1 atom stereocenters. The van der Waals surface area contributed by atoms with Crippen LogP contribution in [0.1, 0.15) is 45.4 Å². The summed E-state index contributed by atoms with van der Waals surface area (Å²) in [5, 5.41) is 3.36. The van der Waals surface area contributed by atoms with Gasteiger partial charge in [0, 0.05) is 5.03 Å². The van der Waals surface area contributed by atoms with Gasteiger partial charge in [-0.05, 0) is 51.6 Å². The van der Waals surface area contributed by atoms with E-state index in [4.69, 9.17) is 11.6 Å². The second-order valence-corrected chi connectivity index (χ2v) is 8.66. The highest BCUT2D eigenvalue weighted by atomic mass is 35.5. The highest BCUT2D eigenvalue weighted by Crippen LogP contribution is 2.20. The number of halogens is 1. The summed E-state index contributed by atoms with van der Waals surface area (Å²) in [5.41, 5.74) is 0. The smallest absolute Gasteiger partial charge is 0.153 e. The van der Waals surface area contributed by atoms with Crippen LogP contribution < -0.4 is 5.32 Å². The standard InChI is InChI=1S/C14H26ClNO2S/c1-12(15)11-13(2)19(17,18)10-4-3-5-14-6-8-16-9-7-14/h13-14,16H,1,3-11H2,2H3. The SMILES string of the molecule is C=C(Cl)CC(C)S(=O)(=O)CCCCC1CCNCC1. The van der Waals surface area contributed by atoms with Gasteiger partial charge in [-0.1, -0.05) is 31.0 Å². The molecule has 1 fully saturated rings. The summed E-state index contributed by atoms with van der Waals surface area (Å²) < 4.78 is 24.0. The van der Waals surface area contributed by atoms with Gasteiger partial charge in [0.2, 0.25) is 0 Å². The molecule has 0 aromatic carbocycles. The zero-order valence-corrected chi connectivity index (χ0v) is 13.4. The van der Waals surface area contributed by atoms with Crippen LogP contribution in [0.15, 0.2) is 11.6 Å². The number of hydrogen-bond acceptors (Lipinski definition) is 3. The molecule has 0 aromatic rings. The molecule has 1 heterocycles. The Labute approximate surface area is 122 Å². The quantitative estimate of drug-likeness (QED) is 0.701. The lowest BCUT2D eigenvalue weighted by Gasteiger charge is -2.22. The van der Waals surface area contributed by atoms with Crippen molar-refractivity contribution < 1.29 is 8.42 Å². The van der Waals surface area contributed by atoms with Gasteiger partial charge in [-0.2, -0.15) is 0 Å². The van der Waals surface area contributed by atoms with Gasteiger partial charge in [0.1, 0.15) is 0 Å². The van der Waals surface area contributed by atoms with Crippen molar-refractivity contribution in [1.29, 1.82) is 0 Å². The Morgan fingerprint density at radius 3 is 2.58 bits per heavy atom. The molecule has 0 aromatic heterocycles. The first-order valence-corrected chi connectivity index (χ1v) is 9.26. The molecule has 1 N–H and O–H groups in total. The highest BCUT2D eigenvalue weighted by molar-refractivity contribution is 7.92. The number of allylic oxidation sites excluding steroid dienone is 1. The van der Waals surface area contributed by atoms with E-state index in [9.17, 15) is 8.42 Å². The Morgan fingerprint density at radius 2 is 2.00 bits per heavy atom. The molecule has 1 aliphatic heterocycles. The van der Waals surface area contributed by atoms with Crippen molar-refractivity contribution in [3.05, 3.63) is 11.6 Å². The normalized spacial score (nSPS) is 19.3. The number of hydrogen-bond donors (Lipinski definition) is 1. The summed E-state index contributed by atoms with van der Waals surface area (Å²) in [7, 11) is -3.02. The fourth-order valence-electron chi connectivity index (χ4n) is 2.55. The monoisotopic (exact) mass is 307 g/mol. The Morgan fingerprint density at radius 1 is 1.37 bits per heavy atom. The van der Waals surface area contributed by atoms with Gasteiger partial charge in [0.25, 0.3) is 0 Å². The van der Waals surface area contributed by atoms with E-state index < -0.39 is 15.1 Å². The lowest BCUT2D eigenvalue weighted by Crippen LogP contribution is -2.27. The van der Waals surface area contributed by atoms with Crippen molar-refractivity contribution >= 4 is 21.4 Å². The molecule has 112 valence electrons. The van der Waals surface area contributed by atoms with Crippen molar-refractivity contribution in [1.82, 2.24) is 5.32 Å². The summed E-state index contributed by atoms with van der Waals surface area (Å²) in [6, 6.07) is 0. The lowest BCUT2D eigenvalue weighted by atomic mass is 9.93. The molecule has 1 rings (SSSR count). The fourth-order valence-corrected chi connectivity index (χ4v) is 4.33. The minimum Gasteiger partial charge on any atom is -0.317 e. The number of sulfone groups is 1. The molecule has 0 amide bonds. The molecule has 1 saturated heterocycles. The number of unbranched alkanes of at least 4 members (excludes halogenated alkanes) is 1. The third kappa shape index (κ3) is 6.77. The second-order valence-electron chi connectivity index (χ2n) is 5.59. The molecule has 5 heteroatoms. The van der Waals surface area contributed by atoms with Gasteiger partial charge in [-0.3, -0.25) is 0 Å². The maximum absolute atomic E-state index is 12.0. The Kier molecular flexibility index (Phi) is 7.40. The van der Waals surface area contributed by atoms with E-state index >= 15 is 0 Å². The minimum absolute atomic E-state index is 0.281. The molecule has 0 aliphatic carbocycles. The van der Waals surface area contributed by atoms with Crippen molar-refractivity contribution in [2.75, 3.05) is 18.8 Å². The first-order chi connectivity index (χ1) is 8.92. The van der Waals surface area contributed by atoms with Crippen LogP contribution in [0.25, 0.3) is 0 Å². The van der Waals surface area contributed by atoms with Gasteiger partial charge in [0.05, 0.1) is 11.0 Å². The molecular weight excluding hydrogens is 282 g/mol. The largest absolute Gasteiger partial charge is 0.317 e. The molecule has 3 nitrogen and oxygen atoms in total. The summed E-state index contributed by atoms with van der Waals surface area (Å²) in [6.07, 6.45) is 5.76. The topological polar surface area (TPSA) is 46.2 Å². The summed E-state index contributed by atoms with van der Waals surface area (Å²) in [6.45, 7) is 7.50. The first-order valence-electron chi connectivity index (χ1n) is 7.17. The van der Waals surface area contributed by atoms with Crippen LogP contribution in [0.2, 0.25) is 0 Å². The van der Waals surface area contributed by atoms with Gasteiger partial charge in [-0.25, -0.2) is 8.42 Å². The van der Waals surface area contributed by atoms with Gasteiger partial charge in [0.15, 0.2) is 9.84 Å². The van der Waals surface area contributed by atoms with E-state index in [0.717, 1.165) is 38.3 Å². The van der Waals surface area contributed by atoms with E-state index in [1.807, 2.05) is 0 Å². The maximum atomic E-state index is 12.0. The minimum atomic E-state index is -3.02. The van der Waals surface area contributed by atoms with Crippen LogP contribution in [0.3, 0.4) is 0 Å². The van der Waals surface area contributed by atoms with Crippen molar-refractivity contribution in [3.63, 3.8) is 0 Å². The van der Waals surface area contributed by atoms with E-state index in [1.54, 1.807) is 6.92 Å². The van der Waals surface area contributed by atoms with Crippen molar-refractivity contribution in [3.8, 4) is 0 Å². The molecule has 0 spiro atoms. The molecule has 0 saturated carbocycles. The van der Waals surface area contributed by atoms with Crippen LogP contribution in [0, 0.1) is 5.92 Å². The lowest BCUT2D eigenvalue weighted by molar-refractivity contribution is 0.346. The van der Waals surface area contributed by atoms with Crippen LogP contribution >= 0.6 is 11.6 Å². The fraction of sp³-hybridized carbons (Fsp3) is 0.857. The predicted octanol–water partition coefficient (Wildman–Crippen LogP) is 3.10. The number of nitrogens with one attached hydrogen (secondary N) is 1. The third-order valence-electron chi connectivity index (χ3n) is 3.87. The summed E-state index contributed by atoms with van der Waals surface area (Å²) >= 11 is 5.68. The van der Waals surface area contributed by atoms with Gasteiger partial charge < -0.3 is 5.32 Å². The average Bonchev–Trinajstić information content (AvgIpc) is 2.35. The van der Waals surface area contributed by atoms with E-state index in [2.05, 4.69) is 11.9 Å². The zero-order valence-electron chi connectivity index (χ0n) is 11.8. The van der Waals surface area contributed by atoms with Crippen LogP contribution in [0.4, 0.5) is 0 Å². The molecule has 1 aliphatic rings. The Bertz CT molecular complexity index is 375. The van der Waals surface area contributed by atoms with Crippen LogP contribution in [-0.4, -0.2) is 32.5 Å². The molecule has 0 bridgehead atoms. The van der Waals surface area contributed by atoms with Crippen LogP contribution in [-0.2, 0) is 9.84 Å². The van der Waals surface area contributed by atoms with Crippen molar-refractivity contribution in [2.45, 2.75) is 50.7 Å². The van der Waals surface area contributed by atoms with Crippen LogP contribution in [0.5, 0.6) is 0 Å². The third-order valence-corrected chi connectivity index (χ3v) is 6.28. The highest BCUT2D eigenvalue weighted by Gasteiger charge is 2.21. The summed E-state index contributed by atoms with van der Waals surface area (Å²) in [5.74, 6) is 1.06. The molecule has 1 unspecified atom stereocenters. The molecule has 19 heavy (non-hydrogen) atoms. The van der Waals surface area contributed by atoms with Crippen molar-refractivity contribution in [2.24, 2.45) is 5.92 Å².